The lowest BCUT2D eigenvalue weighted by atomic mass is 10.3. The average molecular weight is 208 g/mol. The van der Waals surface area contributed by atoms with Gasteiger partial charge in [0.25, 0.3) is 0 Å². The summed E-state index contributed by atoms with van der Waals surface area (Å²) < 4.78 is 20.3. The van der Waals surface area contributed by atoms with Gasteiger partial charge in [-0.3, -0.25) is 13.9 Å². The van der Waals surface area contributed by atoms with Crippen LogP contribution < -0.4 is 0 Å². The molecule has 0 saturated carbocycles. The molecule has 0 unspecified atom stereocenters. The highest BCUT2D eigenvalue weighted by Gasteiger charge is 2.24. The van der Waals surface area contributed by atoms with Crippen LogP contribution in [0.1, 0.15) is 6.92 Å². The van der Waals surface area contributed by atoms with Crippen LogP contribution in [0.5, 0.6) is 0 Å². The van der Waals surface area contributed by atoms with Crippen LogP contribution in [0.4, 0.5) is 0 Å². The molecular weight excluding hydrogens is 192 g/mol. The fourth-order valence-corrected chi connectivity index (χ4v) is 2.20. The third kappa shape index (κ3) is 2.84. The normalized spacial score (nSPS) is 21.7. The lowest BCUT2D eigenvalue weighted by Gasteiger charge is -2.44. The Morgan fingerprint density at radius 1 is 1.23 bits per heavy atom. The lowest BCUT2D eigenvalue weighted by Crippen LogP contribution is -2.48. The highest BCUT2D eigenvalue weighted by molar-refractivity contribution is 8.21. The minimum Gasteiger partial charge on any atom is -0.340 e. The molecule has 1 fully saturated rings. The summed E-state index contributed by atoms with van der Waals surface area (Å²) in [5.41, 5.74) is 0. The SMILES string of the molecule is CC(=O)N1CCN(S(C)(O)O)CC1. The van der Waals surface area contributed by atoms with Crippen molar-refractivity contribution in [3.63, 3.8) is 0 Å². The molecular formula is C7H16N2O3S. The van der Waals surface area contributed by atoms with Gasteiger partial charge in [-0.05, 0) is 0 Å². The van der Waals surface area contributed by atoms with E-state index >= 15 is 0 Å². The molecule has 0 aromatic rings. The third-order valence-corrected chi connectivity index (χ3v) is 3.52. The Morgan fingerprint density at radius 2 is 1.69 bits per heavy atom. The largest absolute Gasteiger partial charge is 0.340 e. The zero-order valence-electron chi connectivity index (χ0n) is 7.93. The second-order valence-corrected chi connectivity index (χ2v) is 5.33. The molecule has 0 radical (unpaired) electrons. The summed E-state index contributed by atoms with van der Waals surface area (Å²) in [6.07, 6.45) is 1.41. The van der Waals surface area contributed by atoms with E-state index < -0.39 is 10.8 Å². The quantitative estimate of drug-likeness (QED) is 0.656. The van der Waals surface area contributed by atoms with Crippen molar-refractivity contribution in [2.75, 3.05) is 32.4 Å². The molecule has 0 spiro atoms. The third-order valence-electron chi connectivity index (χ3n) is 2.17. The van der Waals surface area contributed by atoms with Crippen molar-refractivity contribution in [1.29, 1.82) is 0 Å². The monoisotopic (exact) mass is 208 g/mol. The predicted molar refractivity (Wildman–Crippen MR) is 52.6 cm³/mol. The van der Waals surface area contributed by atoms with E-state index in [1.165, 1.54) is 13.2 Å². The van der Waals surface area contributed by atoms with E-state index in [0.717, 1.165) is 0 Å². The van der Waals surface area contributed by atoms with Gasteiger partial charge in [-0.15, -0.1) is 10.8 Å². The van der Waals surface area contributed by atoms with Gasteiger partial charge in [0.15, 0.2) is 0 Å². The molecule has 13 heavy (non-hydrogen) atoms. The molecule has 0 aliphatic carbocycles. The van der Waals surface area contributed by atoms with Crippen LogP contribution in [-0.4, -0.2) is 56.7 Å². The topological polar surface area (TPSA) is 64.0 Å². The first-order valence-electron chi connectivity index (χ1n) is 4.15. The smallest absolute Gasteiger partial charge is 0.219 e. The van der Waals surface area contributed by atoms with E-state index in [0.29, 0.717) is 26.2 Å². The number of nitrogens with zero attached hydrogens (tertiary/aromatic N) is 2. The minimum absolute atomic E-state index is 0.0484. The van der Waals surface area contributed by atoms with Crippen LogP contribution in [0.3, 0.4) is 0 Å². The molecule has 6 heteroatoms. The first-order valence-corrected chi connectivity index (χ1v) is 6.06. The molecule has 5 nitrogen and oxygen atoms in total. The maximum absolute atomic E-state index is 10.9. The number of hydrogen-bond donors (Lipinski definition) is 2. The summed E-state index contributed by atoms with van der Waals surface area (Å²) in [4.78, 5) is 12.7. The lowest BCUT2D eigenvalue weighted by molar-refractivity contribution is -0.130. The Kier molecular flexibility index (Phi) is 3.18. The number of amides is 1. The number of hydrogen-bond acceptors (Lipinski definition) is 4. The van der Waals surface area contributed by atoms with Crippen molar-refractivity contribution in [3.05, 3.63) is 0 Å². The molecule has 0 aromatic heterocycles. The second kappa shape index (κ2) is 3.83. The maximum Gasteiger partial charge on any atom is 0.219 e. The first kappa shape index (κ1) is 10.8. The zero-order valence-corrected chi connectivity index (χ0v) is 8.75. The average Bonchev–Trinajstić information content (AvgIpc) is 2.03. The summed E-state index contributed by atoms with van der Waals surface area (Å²) in [5, 5.41) is 0. The first-order chi connectivity index (χ1) is 5.91. The molecule has 1 aliphatic heterocycles. The van der Waals surface area contributed by atoms with Crippen LogP contribution in [0.15, 0.2) is 0 Å². The summed E-state index contributed by atoms with van der Waals surface area (Å²) in [6, 6.07) is 0. The summed E-state index contributed by atoms with van der Waals surface area (Å²) in [5.74, 6) is 0.0484. The summed E-state index contributed by atoms with van der Waals surface area (Å²) >= 11 is 0. The Balaban J connectivity index is 2.44. The maximum atomic E-state index is 10.9. The van der Waals surface area contributed by atoms with Gasteiger partial charge < -0.3 is 4.90 Å². The van der Waals surface area contributed by atoms with Crippen LogP contribution >= 0.6 is 10.8 Å². The fourth-order valence-electron chi connectivity index (χ4n) is 1.35. The molecule has 1 amide bonds. The van der Waals surface area contributed by atoms with Gasteiger partial charge in [0.05, 0.1) is 0 Å². The van der Waals surface area contributed by atoms with E-state index in [2.05, 4.69) is 0 Å². The van der Waals surface area contributed by atoms with Crippen molar-refractivity contribution in [3.8, 4) is 0 Å². The number of carbonyl (C=O) groups is 1. The van der Waals surface area contributed by atoms with Crippen molar-refractivity contribution in [2.45, 2.75) is 6.92 Å². The van der Waals surface area contributed by atoms with Crippen molar-refractivity contribution in [2.24, 2.45) is 0 Å². The Bertz CT molecular complexity index is 196. The predicted octanol–water partition coefficient (Wildman–Crippen LogP) is 0.446. The van der Waals surface area contributed by atoms with E-state index in [1.54, 1.807) is 9.21 Å². The van der Waals surface area contributed by atoms with Crippen LogP contribution in [0, 0.1) is 0 Å². The van der Waals surface area contributed by atoms with Gasteiger partial charge in [0, 0.05) is 39.4 Å². The Morgan fingerprint density at radius 3 is 2.00 bits per heavy atom. The zero-order chi connectivity index (χ0) is 10.1. The second-order valence-electron chi connectivity index (χ2n) is 3.23. The van der Waals surface area contributed by atoms with Gasteiger partial charge >= 0.3 is 0 Å². The number of carbonyl (C=O) groups excluding carboxylic acids is 1. The highest BCUT2D eigenvalue weighted by atomic mass is 32.3. The van der Waals surface area contributed by atoms with Gasteiger partial charge in [-0.2, -0.15) is 0 Å². The summed E-state index contributed by atoms with van der Waals surface area (Å²) in [7, 11) is -2.58. The van der Waals surface area contributed by atoms with E-state index in [-0.39, 0.29) is 5.91 Å². The van der Waals surface area contributed by atoms with Crippen LogP contribution in [0.25, 0.3) is 0 Å². The molecule has 1 heterocycles. The molecule has 1 aliphatic rings. The summed E-state index contributed by atoms with van der Waals surface area (Å²) in [6.45, 7) is 3.77. The number of piperazine rings is 1. The molecule has 0 bridgehead atoms. The molecule has 1 saturated heterocycles. The van der Waals surface area contributed by atoms with Crippen LogP contribution in [0.2, 0.25) is 0 Å². The van der Waals surface area contributed by atoms with Crippen molar-refractivity contribution in [1.82, 2.24) is 9.21 Å². The Hall–Kier alpha value is -0.300. The molecule has 2 N–H and O–H groups in total. The van der Waals surface area contributed by atoms with Gasteiger partial charge in [0.2, 0.25) is 5.91 Å². The standard InChI is InChI=1S/C7H16N2O3S/c1-7(10)8-3-5-9(6-4-8)13(2,11)12/h11-12H,3-6H2,1-2H3. The molecule has 78 valence electrons. The van der Waals surface area contributed by atoms with Gasteiger partial charge in [0.1, 0.15) is 0 Å². The van der Waals surface area contributed by atoms with E-state index in [1.807, 2.05) is 0 Å². The van der Waals surface area contributed by atoms with Gasteiger partial charge in [-0.25, -0.2) is 4.31 Å². The van der Waals surface area contributed by atoms with Gasteiger partial charge in [-0.1, -0.05) is 0 Å². The Labute approximate surface area is 79.8 Å². The van der Waals surface area contributed by atoms with E-state index in [4.69, 9.17) is 0 Å². The number of rotatable bonds is 1. The fraction of sp³-hybridized carbons (Fsp3) is 0.857. The molecule has 0 atom stereocenters. The molecule has 1 rings (SSSR count). The van der Waals surface area contributed by atoms with Crippen LogP contribution in [-0.2, 0) is 4.79 Å². The highest BCUT2D eigenvalue weighted by Crippen LogP contribution is 2.38. The minimum atomic E-state index is -2.58. The van der Waals surface area contributed by atoms with Crippen molar-refractivity contribution >= 4 is 16.7 Å². The van der Waals surface area contributed by atoms with Crippen molar-refractivity contribution < 1.29 is 13.9 Å². The molecule has 0 aromatic carbocycles. The van der Waals surface area contributed by atoms with E-state index in [9.17, 15) is 13.9 Å².